The highest BCUT2D eigenvalue weighted by Gasteiger charge is 2.04. The standard InChI is InChI=1S/C10H24N2O2.ClH/c1-3-9(7-13)11-5-6-12-10(4-2)8-14;/h9-14H,3-8H2,1-2H3;1H/t9-,10+;. The molecule has 0 rings (SSSR count). The van der Waals surface area contributed by atoms with Crippen molar-refractivity contribution in [2.75, 3.05) is 26.3 Å². The Morgan fingerprint density at radius 1 is 0.867 bits per heavy atom. The molecule has 0 spiro atoms. The summed E-state index contributed by atoms with van der Waals surface area (Å²) in [6.07, 6.45) is 1.88. The molecule has 15 heavy (non-hydrogen) atoms. The lowest BCUT2D eigenvalue weighted by Gasteiger charge is -2.17. The molecule has 5 heteroatoms. The van der Waals surface area contributed by atoms with Crippen molar-refractivity contribution in [3.63, 3.8) is 0 Å². The predicted molar refractivity (Wildman–Crippen MR) is 65.6 cm³/mol. The maximum atomic E-state index is 8.90. The second-order valence-corrected chi connectivity index (χ2v) is 3.48. The zero-order valence-corrected chi connectivity index (χ0v) is 10.5. The number of hydrogen-bond donors (Lipinski definition) is 4. The van der Waals surface area contributed by atoms with Crippen LogP contribution in [0, 0.1) is 0 Å². The lowest BCUT2D eigenvalue weighted by molar-refractivity contribution is 0.229. The molecule has 0 unspecified atom stereocenters. The molecule has 0 amide bonds. The van der Waals surface area contributed by atoms with E-state index in [0.29, 0.717) is 0 Å². The van der Waals surface area contributed by atoms with E-state index in [1.807, 2.05) is 13.8 Å². The van der Waals surface area contributed by atoms with Crippen LogP contribution in [0.3, 0.4) is 0 Å². The van der Waals surface area contributed by atoms with Gasteiger partial charge in [0.15, 0.2) is 0 Å². The fourth-order valence-electron chi connectivity index (χ4n) is 1.23. The summed E-state index contributed by atoms with van der Waals surface area (Å²) in [5, 5.41) is 24.3. The van der Waals surface area contributed by atoms with Gasteiger partial charge in [0, 0.05) is 25.2 Å². The number of halogens is 1. The zero-order chi connectivity index (χ0) is 10.8. The van der Waals surface area contributed by atoms with Gasteiger partial charge in [-0.1, -0.05) is 13.8 Å². The number of nitrogens with one attached hydrogen (secondary N) is 2. The van der Waals surface area contributed by atoms with Gasteiger partial charge in [-0.05, 0) is 12.8 Å². The fraction of sp³-hybridized carbons (Fsp3) is 1.00. The van der Waals surface area contributed by atoms with Crippen LogP contribution in [0.4, 0.5) is 0 Å². The topological polar surface area (TPSA) is 64.5 Å². The summed E-state index contributed by atoms with van der Waals surface area (Å²) in [6, 6.07) is 0.400. The Morgan fingerprint density at radius 2 is 1.20 bits per heavy atom. The third-order valence-corrected chi connectivity index (χ3v) is 2.42. The summed E-state index contributed by atoms with van der Waals surface area (Å²) in [4.78, 5) is 0. The minimum Gasteiger partial charge on any atom is -0.395 e. The Balaban J connectivity index is 0. The van der Waals surface area contributed by atoms with Crippen molar-refractivity contribution in [1.29, 1.82) is 0 Å². The molecule has 0 aliphatic heterocycles. The molecule has 4 N–H and O–H groups in total. The SMILES string of the molecule is CC[C@H](CO)NCCN[C@@H](CC)CO.Cl. The molecule has 0 aliphatic rings. The summed E-state index contributed by atoms with van der Waals surface area (Å²) in [5.41, 5.74) is 0. The second-order valence-electron chi connectivity index (χ2n) is 3.48. The Bertz CT molecular complexity index is 106. The van der Waals surface area contributed by atoms with Gasteiger partial charge in [-0.15, -0.1) is 12.4 Å². The number of aliphatic hydroxyl groups is 2. The molecule has 0 aromatic carbocycles. The molecular formula is C10H25ClN2O2. The fourth-order valence-corrected chi connectivity index (χ4v) is 1.23. The molecule has 0 saturated heterocycles. The highest BCUT2D eigenvalue weighted by atomic mass is 35.5. The van der Waals surface area contributed by atoms with Gasteiger partial charge in [-0.3, -0.25) is 0 Å². The maximum absolute atomic E-state index is 8.90. The van der Waals surface area contributed by atoms with E-state index in [-0.39, 0.29) is 37.7 Å². The molecule has 94 valence electrons. The normalized spacial score (nSPS) is 14.4. The third-order valence-electron chi connectivity index (χ3n) is 2.42. The van der Waals surface area contributed by atoms with Crippen LogP contribution < -0.4 is 10.6 Å². The van der Waals surface area contributed by atoms with Crippen LogP contribution in [-0.4, -0.2) is 48.6 Å². The summed E-state index contributed by atoms with van der Waals surface area (Å²) >= 11 is 0. The smallest absolute Gasteiger partial charge is 0.0584 e. The van der Waals surface area contributed by atoms with E-state index in [1.54, 1.807) is 0 Å². The van der Waals surface area contributed by atoms with Gasteiger partial charge in [-0.2, -0.15) is 0 Å². The van der Waals surface area contributed by atoms with Crippen molar-refractivity contribution in [2.24, 2.45) is 0 Å². The third kappa shape index (κ3) is 9.08. The first kappa shape index (κ1) is 17.5. The van der Waals surface area contributed by atoms with E-state index in [0.717, 1.165) is 25.9 Å². The highest BCUT2D eigenvalue weighted by molar-refractivity contribution is 5.85. The van der Waals surface area contributed by atoms with Crippen LogP contribution in [0.15, 0.2) is 0 Å². The van der Waals surface area contributed by atoms with Crippen molar-refractivity contribution in [1.82, 2.24) is 10.6 Å². The first-order chi connectivity index (χ1) is 6.78. The van der Waals surface area contributed by atoms with Gasteiger partial charge in [0.2, 0.25) is 0 Å². The maximum Gasteiger partial charge on any atom is 0.0584 e. The van der Waals surface area contributed by atoms with Crippen LogP contribution in [0.1, 0.15) is 26.7 Å². The zero-order valence-electron chi connectivity index (χ0n) is 9.70. The molecule has 0 aliphatic carbocycles. The van der Waals surface area contributed by atoms with E-state index in [4.69, 9.17) is 10.2 Å². The first-order valence-electron chi connectivity index (χ1n) is 5.46. The van der Waals surface area contributed by atoms with Crippen LogP contribution in [0.25, 0.3) is 0 Å². The first-order valence-corrected chi connectivity index (χ1v) is 5.46. The minimum atomic E-state index is 0. The molecule has 0 radical (unpaired) electrons. The molecule has 0 saturated carbocycles. The highest BCUT2D eigenvalue weighted by Crippen LogP contribution is 1.89. The van der Waals surface area contributed by atoms with Gasteiger partial charge in [-0.25, -0.2) is 0 Å². The molecule has 0 fully saturated rings. The second kappa shape index (κ2) is 12.2. The molecule has 0 aromatic heterocycles. The number of hydrogen-bond acceptors (Lipinski definition) is 4. The van der Waals surface area contributed by atoms with E-state index in [2.05, 4.69) is 10.6 Å². The number of aliphatic hydroxyl groups excluding tert-OH is 2. The van der Waals surface area contributed by atoms with Crippen molar-refractivity contribution in [2.45, 2.75) is 38.8 Å². The number of rotatable bonds is 9. The quantitative estimate of drug-likeness (QED) is 0.433. The molecule has 2 atom stereocenters. The molecule has 4 nitrogen and oxygen atoms in total. The minimum absolute atomic E-state index is 0. The summed E-state index contributed by atoms with van der Waals surface area (Å²) in [6.45, 7) is 6.13. The van der Waals surface area contributed by atoms with Gasteiger partial charge in [0.1, 0.15) is 0 Å². The van der Waals surface area contributed by atoms with Gasteiger partial charge < -0.3 is 20.8 Å². The Labute approximate surface area is 98.9 Å². The van der Waals surface area contributed by atoms with Crippen molar-refractivity contribution in [3.05, 3.63) is 0 Å². The molecule has 0 heterocycles. The van der Waals surface area contributed by atoms with Crippen LogP contribution in [0.2, 0.25) is 0 Å². The molecule has 0 bridgehead atoms. The van der Waals surface area contributed by atoms with E-state index in [1.165, 1.54) is 0 Å². The summed E-state index contributed by atoms with van der Waals surface area (Å²) < 4.78 is 0. The summed E-state index contributed by atoms with van der Waals surface area (Å²) in [7, 11) is 0. The largest absolute Gasteiger partial charge is 0.395 e. The summed E-state index contributed by atoms with van der Waals surface area (Å²) in [5.74, 6) is 0. The van der Waals surface area contributed by atoms with Crippen LogP contribution in [0.5, 0.6) is 0 Å². The average Bonchev–Trinajstić information content (AvgIpc) is 2.24. The average molecular weight is 241 g/mol. The Kier molecular flexibility index (Phi) is 14.3. The predicted octanol–water partition coefficient (Wildman–Crippen LogP) is 0.129. The Morgan fingerprint density at radius 3 is 1.40 bits per heavy atom. The van der Waals surface area contributed by atoms with E-state index >= 15 is 0 Å². The lowest BCUT2D eigenvalue weighted by Crippen LogP contribution is -2.40. The van der Waals surface area contributed by atoms with Crippen LogP contribution >= 0.6 is 12.4 Å². The molecule has 0 aromatic rings. The van der Waals surface area contributed by atoms with Crippen LogP contribution in [-0.2, 0) is 0 Å². The Hall–Kier alpha value is 0.130. The van der Waals surface area contributed by atoms with E-state index in [9.17, 15) is 0 Å². The molecular weight excluding hydrogens is 216 g/mol. The van der Waals surface area contributed by atoms with Gasteiger partial charge in [0.05, 0.1) is 13.2 Å². The lowest BCUT2D eigenvalue weighted by atomic mass is 10.2. The monoisotopic (exact) mass is 240 g/mol. The van der Waals surface area contributed by atoms with Gasteiger partial charge >= 0.3 is 0 Å². The van der Waals surface area contributed by atoms with E-state index < -0.39 is 0 Å². The van der Waals surface area contributed by atoms with Crippen molar-refractivity contribution < 1.29 is 10.2 Å². The van der Waals surface area contributed by atoms with Crippen molar-refractivity contribution >= 4 is 12.4 Å². The van der Waals surface area contributed by atoms with Crippen molar-refractivity contribution in [3.8, 4) is 0 Å². The van der Waals surface area contributed by atoms with Gasteiger partial charge in [0.25, 0.3) is 0 Å².